The van der Waals surface area contributed by atoms with Crippen molar-refractivity contribution in [2.24, 2.45) is 5.92 Å². The van der Waals surface area contributed by atoms with Crippen molar-refractivity contribution < 1.29 is 4.74 Å². The summed E-state index contributed by atoms with van der Waals surface area (Å²) in [5.74, 6) is 0.613. The molecule has 1 aromatic rings. The van der Waals surface area contributed by atoms with Crippen LogP contribution in [0.25, 0.3) is 0 Å². The third-order valence-electron chi connectivity index (χ3n) is 2.70. The third-order valence-corrected chi connectivity index (χ3v) is 3.07. The van der Waals surface area contributed by atoms with Gasteiger partial charge in [0.05, 0.1) is 6.61 Å². The number of nitrogens with two attached hydrogens (primary N) is 1. The number of nitrogen functional groups attached to an aromatic ring is 1. The zero-order valence-electron chi connectivity index (χ0n) is 11.4. The molecule has 0 heterocycles. The fourth-order valence-corrected chi connectivity index (χ4v) is 2.11. The second kappa shape index (κ2) is 7.62. The molecule has 0 bridgehead atoms. The molecule has 0 radical (unpaired) electrons. The van der Waals surface area contributed by atoms with Crippen LogP contribution >= 0.6 is 11.6 Å². The van der Waals surface area contributed by atoms with Crippen LogP contribution < -0.4 is 5.73 Å². The highest BCUT2D eigenvalue weighted by Gasteiger charge is 2.10. The minimum atomic E-state index is 0.613. The van der Waals surface area contributed by atoms with Gasteiger partial charge in [-0.15, -0.1) is 0 Å². The van der Waals surface area contributed by atoms with E-state index in [1.54, 1.807) is 7.11 Å². The number of benzene rings is 1. The van der Waals surface area contributed by atoms with Crippen LogP contribution in [0.1, 0.15) is 19.4 Å². The number of anilines is 1. The fraction of sp³-hybridized carbons (Fsp3) is 0.571. The zero-order valence-corrected chi connectivity index (χ0v) is 12.2. The molecule has 0 atom stereocenters. The van der Waals surface area contributed by atoms with Gasteiger partial charge in [-0.2, -0.15) is 0 Å². The number of ether oxygens (including phenoxy) is 1. The minimum Gasteiger partial charge on any atom is -0.399 e. The highest BCUT2D eigenvalue weighted by atomic mass is 35.5. The summed E-state index contributed by atoms with van der Waals surface area (Å²) in [5.41, 5.74) is 7.64. The van der Waals surface area contributed by atoms with Gasteiger partial charge in [0.2, 0.25) is 0 Å². The van der Waals surface area contributed by atoms with Crippen molar-refractivity contribution in [1.29, 1.82) is 0 Å². The van der Waals surface area contributed by atoms with Gasteiger partial charge in [-0.05, 0) is 29.7 Å². The van der Waals surface area contributed by atoms with Crippen molar-refractivity contribution in [3.8, 4) is 0 Å². The van der Waals surface area contributed by atoms with E-state index in [0.717, 1.165) is 42.5 Å². The van der Waals surface area contributed by atoms with Gasteiger partial charge in [0.25, 0.3) is 0 Å². The number of hydrogen-bond donors (Lipinski definition) is 1. The first kappa shape index (κ1) is 15.3. The molecule has 0 saturated carbocycles. The molecule has 18 heavy (non-hydrogen) atoms. The van der Waals surface area contributed by atoms with Gasteiger partial charge in [-0.3, -0.25) is 4.90 Å². The van der Waals surface area contributed by atoms with Gasteiger partial charge in [0.15, 0.2) is 0 Å². The quantitative estimate of drug-likeness (QED) is 0.774. The first-order chi connectivity index (χ1) is 8.52. The number of nitrogens with zero attached hydrogens (tertiary/aromatic N) is 1. The second-order valence-corrected chi connectivity index (χ2v) is 5.38. The molecule has 0 aliphatic rings. The number of hydrogen-bond acceptors (Lipinski definition) is 3. The molecule has 3 nitrogen and oxygen atoms in total. The molecule has 4 heteroatoms. The normalized spacial score (nSPS) is 11.4. The summed E-state index contributed by atoms with van der Waals surface area (Å²) in [7, 11) is 1.72. The predicted octanol–water partition coefficient (Wildman–Crippen LogP) is 3.03. The lowest BCUT2D eigenvalue weighted by Crippen LogP contribution is -2.30. The Morgan fingerprint density at radius 1 is 1.39 bits per heavy atom. The van der Waals surface area contributed by atoms with Crippen LogP contribution in [0.2, 0.25) is 5.02 Å². The van der Waals surface area contributed by atoms with E-state index in [-0.39, 0.29) is 0 Å². The van der Waals surface area contributed by atoms with E-state index in [1.807, 2.05) is 18.2 Å². The lowest BCUT2D eigenvalue weighted by atomic mass is 10.1. The van der Waals surface area contributed by atoms with Crippen LogP contribution in [0.4, 0.5) is 5.69 Å². The van der Waals surface area contributed by atoms with Crippen molar-refractivity contribution in [1.82, 2.24) is 4.90 Å². The van der Waals surface area contributed by atoms with E-state index in [0.29, 0.717) is 5.92 Å². The van der Waals surface area contributed by atoms with E-state index in [2.05, 4.69) is 18.7 Å². The summed E-state index contributed by atoms with van der Waals surface area (Å²) in [4.78, 5) is 2.34. The summed E-state index contributed by atoms with van der Waals surface area (Å²) in [6.07, 6.45) is 0. The topological polar surface area (TPSA) is 38.5 Å². The number of rotatable bonds is 7. The molecule has 1 rings (SSSR count). The van der Waals surface area contributed by atoms with Crippen LogP contribution in [0.15, 0.2) is 18.2 Å². The van der Waals surface area contributed by atoms with E-state index < -0.39 is 0 Å². The van der Waals surface area contributed by atoms with Crippen molar-refractivity contribution in [3.05, 3.63) is 28.8 Å². The van der Waals surface area contributed by atoms with Gasteiger partial charge in [-0.1, -0.05) is 25.4 Å². The average molecular weight is 271 g/mol. The number of halogens is 1. The van der Waals surface area contributed by atoms with Crippen LogP contribution in [-0.4, -0.2) is 31.7 Å². The lowest BCUT2D eigenvalue weighted by molar-refractivity contribution is 0.136. The molecule has 0 saturated heterocycles. The molecule has 102 valence electrons. The number of methoxy groups -OCH3 is 1. The smallest absolute Gasteiger partial charge is 0.0589 e. The Bertz CT molecular complexity index is 369. The molecule has 0 aliphatic heterocycles. The van der Waals surface area contributed by atoms with Crippen LogP contribution in [0.5, 0.6) is 0 Å². The molecule has 0 aliphatic carbocycles. The van der Waals surface area contributed by atoms with E-state index in [4.69, 9.17) is 22.1 Å². The fourth-order valence-electron chi connectivity index (χ4n) is 1.93. The monoisotopic (exact) mass is 270 g/mol. The van der Waals surface area contributed by atoms with Crippen LogP contribution in [-0.2, 0) is 11.3 Å². The molecular weight excluding hydrogens is 248 g/mol. The molecule has 0 aromatic heterocycles. The van der Waals surface area contributed by atoms with Gasteiger partial charge >= 0.3 is 0 Å². The van der Waals surface area contributed by atoms with E-state index in [1.165, 1.54) is 0 Å². The zero-order chi connectivity index (χ0) is 13.5. The second-order valence-electron chi connectivity index (χ2n) is 4.97. The van der Waals surface area contributed by atoms with Crippen molar-refractivity contribution >= 4 is 17.3 Å². The van der Waals surface area contributed by atoms with Crippen molar-refractivity contribution in [3.63, 3.8) is 0 Å². The van der Waals surface area contributed by atoms with Gasteiger partial charge in [-0.25, -0.2) is 0 Å². The standard InChI is InChI=1S/C14H23ClN2O/c1-11(2)9-17(6-7-18-3)10-12-8-13(16)4-5-14(12)15/h4-5,8,11H,6-7,9-10,16H2,1-3H3. The highest BCUT2D eigenvalue weighted by molar-refractivity contribution is 6.31. The molecule has 2 N–H and O–H groups in total. The molecular formula is C14H23ClN2O. The van der Waals surface area contributed by atoms with Crippen molar-refractivity contribution in [2.75, 3.05) is 32.5 Å². The predicted molar refractivity (Wildman–Crippen MR) is 77.9 cm³/mol. The molecule has 0 unspecified atom stereocenters. The Morgan fingerprint density at radius 3 is 2.72 bits per heavy atom. The Labute approximate surface area is 115 Å². The SMILES string of the molecule is COCCN(Cc1cc(N)ccc1Cl)CC(C)C. The maximum Gasteiger partial charge on any atom is 0.0589 e. The summed E-state index contributed by atoms with van der Waals surface area (Å²) >= 11 is 6.20. The van der Waals surface area contributed by atoms with E-state index >= 15 is 0 Å². The van der Waals surface area contributed by atoms with Crippen LogP contribution in [0, 0.1) is 5.92 Å². The van der Waals surface area contributed by atoms with E-state index in [9.17, 15) is 0 Å². The molecule has 0 fully saturated rings. The molecule has 0 spiro atoms. The Morgan fingerprint density at radius 2 is 2.11 bits per heavy atom. The molecule has 0 amide bonds. The summed E-state index contributed by atoms with van der Waals surface area (Å²) in [6, 6.07) is 5.63. The van der Waals surface area contributed by atoms with Crippen LogP contribution in [0.3, 0.4) is 0 Å². The maximum absolute atomic E-state index is 6.20. The summed E-state index contributed by atoms with van der Waals surface area (Å²) in [5, 5.41) is 0.773. The van der Waals surface area contributed by atoms with Gasteiger partial charge in [0, 0.05) is 37.5 Å². The Hall–Kier alpha value is -0.770. The Kier molecular flexibility index (Phi) is 6.47. The molecule has 1 aromatic carbocycles. The highest BCUT2D eigenvalue weighted by Crippen LogP contribution is 2.20. The first-order valence-corrected chi connectivity index (χ1v) is 6.66. The first-order valence-electron chi connectivity index (χ1n) is 6.28. The summed E-state index contributed by atoms with van der Waals surface area (Å²) < 4.78 is 5.15. The summed E-state index contributed by atoms with van der Waals surface area (Å²) in [6.45, 7) is 7.88. The third kappa shape index (κ3) is 5.25. The largest absolute Gasteiger partial charge is 0.399 e. The van der Waals surface area contributed by atoms with Gasteiger partial charge < -0.3 is 10.5 Å². The lowest BCUT2D eigenvalue weighted by Gasteiger charge is -2.24. The van der Waals surface area contributed by atoms with Gasteiger partial charge in [0.1, 0.15) is 0 Å². The van der Waals surface area contributed by atoms with Crippen molar-refractivity contribution in [2.45, 2.75) is 20.4 Å². The minimum absolute atomic E-state index is 0.613. The Balaban J connectivity index is 2.71. The maximum atomic E-state index is 6.20. The average Bonchev–Trinajstić information content (AvgIpc) is 2.30.